The van der Waals surface area contributed by atoms with E-state index in [4.69, 9.17) is 4.98 Å². The van der Waals surface area contributed by atoms with Crippen molar-refractivity contribution in [1.29, 1.82) is 0 Å². The number of alkyl halides is 3. The molecule has 0 atom stereocenters. The summed E-state index contributed by atoms with van der Waals surface area (Å²) in [5, 5.41) is 8.48. The van der Waals surface area contributed by atoms with E-state index in [2.05, 4.69) is 15.4 Å². The molecule has 154 valence electrons. The monoisotopic (exact) mass is 423 g/mol. The molecule has 1 aliphatic carbocycles. The van der Waals surface area contributed by atoms with Gasteiger partial charge in [0, 0.05) is 17.0 Å². The molecular formula is C19H20F3N5OS. The first-order valence-corrected chi connectivity index (χ1v) is 10.1. The third-order valence-electron chi connectivity index (χ3n) is 4.72. The number of hydrogen-bond donors (Lipinski definition) is 1. The largest absolute Gasteiger partial charge is 0.434 e. The fourth-order valence-electron chi connectivity index (χ4n) is 3.17. The molecule has 0 aromatic carbocycles. The molecule has 6 nitrogen and oxygen atoms in total. The van der Waals surface area contributed by atoms with Gasteiger partial charge in [-0.3, -0.25) is 10.1 Å². The van der Waals surface area contributed by atoms with Gasteiger partial charge in [-0.15, -0.1) is 11.3 Å². The van der Waals surface area contributed by atoms with Crippen molar-refractivity contribution in [1.82, 2.24) is 19.7 Å². The number of carbonyl (C=O) groups excluding carboxylic acids is 1. The second-order valence-corrected chi connectivity index (χ2v) is 9.08. The number of nitrogens with one attached hydrogen (secondary N) is 1. The predicted octanol–water partition coefficient (Wildman–Crippen LogP) is 5.10. The zero-order valence-corrected chi connectivity index (χ0v) is 17.2. The van der Waals surface area contributed by atoms with Crippen molar-refractivity contribution < 1.29 is 18.0 Å². The first-order valence-electron chi connectivity index (χ1n) is 9.20. The number of thiazole rings is 1. The van der Waals surface area contributed by atoms with Gasteiger partial charge in [-0.1, -0.05) is 0 Å². The summed E-state index contributed by atoms with van der Waals surface area (Å²) >= 11 is 0.742. The van der Waals surface area contributed by atoms with E-state index in [-0.39, 0.29) is 10.7 Å². The second-order valence-electron chi connectivity index (χ2n) is 8.23. The van der Waals surface area contributed by atoms with Crippen molar-refractivity contribution in [3.63, 3.8) is 0 Å². The van der Waals surface area contributed by atoms with Crippen LogP contribution in [0.5, 0.6) is 0 Å². The van der Waals surface area contributed by atoms with Crippen molar-refractivity contribution in [3.8, 4) is 0 Å². The van der Waals surface area contributed by atoms with Crippen molar-refractivity contribution in [2.45, 2.75) is 58.2 Å². The van der Waals surface area contributed by atoms with Crippen molar-refractivity contribution in [2.24, 2.45) is 0 Å². The lowest BCUT2D eigenvalue weighted by Gasteiger charge is -2.20. The van der Waals surface area contributed by atoms with E-state index in [9.17, 15) is 18.0 Å². The van der Waals surface area contributed by atoms with E-state index in [0.29, 0.717) is 28.2 Å². The molecule has 1 amide bonds. The summed E-state index contributed by atoms with van der Waals surface area (Å²) in [7, 11) is 0. The molecule has 0 aliphatic heterocycles. The number of carbonyl (C=O) groups is 1. The molecule has 0 spiro atoms. The maximum absolute atomic E-state index is 13.0. The van der Waals surface area contributed by atoms with Crippen LogP contribution < -0.4 is 5.32 Å². The average Bonchev–Trinajstić information content (AvgIpc) is 3.25. The average molecular weight is 423 g/mol. The number of amides is 1. The van der Waals surface area contributed by atoms with Crippen molar-refractivity contribution in [2.75, 3.05) is 5.32 Å². The Balaban J connectivity index is 1.79. The summed E-state index contributed by atoms with van der Waals surface area (Å²) in [5.74, 6) is -0.217. The highest BCUT2D eigenvalue weighted by molar-refractivity contribution is 7.14. The summed E-state index contributed by atoms with van der Waals surface area (Å²) in [6.45, 7) is 7.79. The zero-order valence-electron chi connectivity index (χ0n) is 16.4. The van der Waals surface area contributed by atoms with Crippen LogP contribution in [0, 0.1) is 6.92 Å². The number of aryl methyl sites for hydroxylation is 1. The first-order chi connectivity index (χ1) is 13.4. The summed E-state index contributed by atoms with van der Waals surface area (Å²) < 4.78 is 40.2. The van der Waals surface area contributed by atoms with Gasteiger partial charge in [0.25, 0.3) is 5.91 Å². The van der Waals surface area contributed by atoms with E-state index >= 15 is 0 Å². The van der Waals surface area contributed by atoms with Gasteiger partial charge in [0.1, 0.15) is 0 Å². The van der Waals surface area contributed by atoms with Crippen LogP contribution in [0.1, 0.15) is 67.0 Å². The molecule has 3 aromatic rings. The van der Waals surface area contributed by atoms with Crippen LogP contribution in [0.15, 0.2) is 11.4 Å². The molecule has 0 saturated heterocycles. The predicted molar refractivity (Wildman–Crippen MR) is 104 cm³/mol. The first kappa shape index (κ1) is 19.8. The number of fused-ring (bicyclic) bond motifs is 1. The Morgan fingerprint density at radius 1 is 1.24 bits per heavy atom. The maximum atomic E-state index is 13.0. The highest BCUT2D eigenvalue weighted by Gasteiger charge is 2.34. The molecule has 29 heavy (non-hydrogen) atoms. The lowest BCUT2D eigenvalue weighted by atomic mass is 10.1. The van der Waals surface area contributed by atoms with Crippen LogP contribution in [-0.2, 0) is 11.7 Å². The minimum atomic E-state index is -4.55. The minimum Gasteiger partial charge on any atom is -0.298 e. The van der Waals surface area contributed by atoms with Gasteiger partial charge >= 0.3 is 6.18 Å². The van der Waals surface area contributed by atoms with Gasteiger partial charge in [0.05, 0.1) is 22.2 Å². The normalized spacial score (nSPS) is 15.1. The van der Waals surface area contributed by atoms with Crippen molar-refractivity contribution >= 4 is 33.4 Å². The third-order valence-corrected chi connectivity index (χ3v) is 5.48. The van der Waals surface area contributed by atoms with Gasteiger partial charge in [0.2, 0.25) is 0 Å². The number of anilines is 1. The van der Waals surface area contributed by atoms with Crippen LogP contribution >= 0.6 is 11.3 Å². The minimum absolute atomic E-state index is 0.0962. The SMILES string of the molecule is Cc1nn(C(C)(C)C)c2nc(C3CC3)cc(C(=O)Nc3nc(C(F)(F)F)cs3)c12. The molecule has 1 saturated carbocycles. The standard InChI is InChI=1S/C19H20F3N5OS/c1-9-14-11(16(28)25-17-24-13(8-29-17)19(20,21)22)7-12(10-5-6-10)23-15(14)27(26-9)18(2,3)4/h7-8,10H,5-6H2,1-4H3,(H,24,25,28). The zero-order chi connectivity index (χ0) is 21.1. The van der Waals surface area contributed by atoms with E-state index < -0.39 is 17.8 Å². The van der Waals surface area contributed by atoms with Gasteiger partial charge < -0.3 is 0 Å². The lowest BCUT2D eigenvalue weighted by molar-refractivity contribution is -0.140. The summed E-state index contributed by atoms with van der Waals surface area (Å²) in [6, 6.07) is 1.73. The molecule has 0 radical (unpaired) electrons. The van der Waals surface area contributed by atoms with Crippen LogP contribution in [0.3, 0.4) is 0 Å². The fourth-order valence-corrected chi connectivity index (χ4v) is 3.88. The van der Waals surface area contributed by atoms with Crippen LogP contribution in [0.4, 0.5) is 18.3 Å². The Labute approximate surface area is 169 Å². The summed E-state index contributed by atoms with van der Waals surface area (Å²) in [4.78, 5) is 21.3. The number of rotatable bonds is 3. The van der Waals surface area contributed by atoms with Crippen molar-refractivity contribution in [3.05, 3.63) is 34.1 Å². The third kappa shape index (κ3) is 3.73. The molecule has 1 aliphatic rings. The van der Waals surface area contributed by atoms with Gasteiger partial charge in [-0.05, 0) is 46.6 Å². The Morgan fingerprint density at radius 3 is 2.48 bits per heavy atom. The quantitative estimate of drug-likeness (QED) is 0.636. The topological polar surface area (TPSA) is 72.7 Å². The van der Waals surface area contributed by atoms with Gasteiger partial charge in [0.15, 0.2) is 16.5 Å². The van der Waals surface area contributed by atoms with E-state index in [1.54, 1.807) is 17.7 Å². The second kappa shape index (κ2) is 6.51. The Bertz CT molecular complexity index is 1110. The van der Waals surface area contributed by atoms with Gasteiger partial charge in [-0.2, -0.15) is 18.3 Å². The highest BCUT2D eigenvalue weighted by Crippen LogP contribution is 2.41. The smallest absolute Gasteiger partial charge is 0.298 e. The number of aromatic nitrogens is 4. The highest BCUT2D eigenvalue weighted by atomic mass is 32.1. The number of pyridine rings is 1. The van der Waals surface area contributed by atoms with E-state index in [0.717, 1.165) is 35.3 Å². The molecular weight excluding hydrogens is 403 g/mol. The molecule has 3 aromatic heterocycles. The number of hydrogen-bond acceptors (Lipinski definition) is 5. The summed E-state index contributed by atoms with van der Waals surface area (Å²) in [6.07, 6.45) is -2.54. The van der Waals surface area contributed by atoms with E-state index in [1.807, 2.05) is 20.8 Å². The molecule has 1 fully saturated rings. The Hall–Kier alpha value is -2.49. The summed E-state index contributed by atoms with van der Waals surface area (Å²) in [5.41, 5.74) is 1.06. The number of halogens is 3. The fraction of sp³-hybridized carbons (Fsp3) is 0.474. The molecule has 3 heterocycles. The Morgan fingerprint density at radius 2 is 1.93 bits per heavy atom. The van der Waals surface area contributed by atoms with Crippen LogP contribution in [0.2, 0.25) is 0 Å². The van der Waals surface area contributed by atoms with Crippen LogP contribution in [0.25, 0.3) is 11.0 Å². The molecule has 1 N–H and O–H groups in total. The molecule has 4 rings (SSSR count). The molecule has 0 unspecified atom stereocenters. The molecule has 0 bridgehead atoms. The number of nitrogens with zero attached hydrogens (tertiary/aromatic N) is 4. The molecule has 10 heteroatoms. The van der Waals surface area contributed by atoms with Gasteiger partial charge in [-0.25, -0.2) is 14.6 Å². The Kier molecular flexibility index (Phi) is 4.45. The van der Waals surface area contributed by atoms with E-state index in [1.165, 1.54) is 0 Å². The lowest BCUT2D eigenvalue weighted by Crippen LogP contribution is -2.23. The van der Waals surface area contributed by atoms with Crippen LogP contribution in [-0.4, -0.2) is 25.7 Å². The maximum Gasteiger partial charge on any atom is 0.434 e.